The van der Waals surface area contributed by atoms with Gasteiger partial charge in [0.25, 0.3) is 0 Å². The van der Waals surface area contributed by atoms with Crippen molar-refractivity contribution in [3.05, 3.63) is 70.8 Å². The van der Waals surface area contributed by atoms with Gasteiger partial charge in [-0.25, -0.2) is 4.39 Å². The van der Waals surface area contributed by atoms with E-state index < -0.39 is 0 Å². The quantitative estimate of drug-likeness (QED) is 0.545. The SMILES string of the molecule is CCn1c(COc2ccc(F)cc2)nnc1SCc1ccccc1Cl. The van der Waals surface area contributed by atoms with Crippen LogP contribution in [-0.4, -0.2) is 14.8 Å². The fourth-order valence-electron chi connectivity index (χ4n) is 2.29. The summed E-state index contributed by atoms with van der Waals surface area (Å²) >= 11 is 7.78. The number of hydrogen-bond donors (Lipinski definition) is 0. The van der Waals surface area contributed by atoms with E-state index in [-0.39, 0.29) is 12.4 Å². The third kappa shape index (κ3) is 4.52. The monoisotopic (exact) mass is 377 g/mol. The molecule has 0 N–H and O–H groups in total. The Bertz CT molecular complexity index is 839. The van der Waals surface area contributed by atoms with E-state index in [1.807, 2.05) is 35.8 Å². The van der Waals surface area contributed by atoms with E-state index in [1.165, 1.54) is 12.1 Å². The minimum atomic E-state index is -0.290. The molecule has 0 radical (unpaired) electrons. The van der Waals surface area contributed by atoms with E-state index in [1.54, 1.807) is 23.9 Å². The van der Waals surface area contributed by atoms with Crippen molar-refractivity contribution in [2.24, 2.45) is 0 Å². The molecule has 0 unspecified atom stereocenters. The molecule has 0 saturated heterocycles. The molecule has 0 spiro atoms. The Morgan fingerprint density at radius 2 is 1.88 bits per heavy atom. The van der Waals surface area contributed by atoms with Crippen LogP contribution < -0.4 is 4.74 Å². The Kier molecular flexibility index (Phi) is 5.94. The van der Waals surface area contributed by atoms with Gasteiger partial charge in [-0.2, -0.15) is 0 Å². The summed E-state index contributed by atoms with van der Waals surface area (Å²) in [6.07, 6.45) is 0. The summed E-state index contributed by atoms with van der Waals surface area (Å²) in [5, 5.41) is 10.0. The van der Waals surface area contributed by atoms with E-state index in [9.17, 15) is 4.39 Å². The van der Waals surface area contributed by atoms with Crippen molar-refractivity contribution in [3.8, 4) is 5.75 Å². The van der Waals surface area contributed by atoms with Gasteiger partial charge in [0.2, 0.25) is 0 Å². The fraction of sp³-hybridized carbons (Fsp3) is 0.222. The second-order valence-corrected chi connectivity index (χ2v) is 6.62. The second kappa shape index (κ2) is 8.36. The average Bonchev–Trinajstić information content (AvgIpc) is 3.02. The topological polar surface area (TPSA) is 39.9 Å². The fourth-order valence-corrected chi connectivity index (χ4v) is 3.59. The maximum Gasteiger partial charge on any atom is 0.191 e. The first-order chi connectivity index (χ1) is 12.2. The number of aromatic nitrogens is 3. The van der Waals surface area contributed by atoms with Gasteiger partial charge >= 0.3 is 0 Å². The van der Waals surface area contributed by atoms with Crippen molar-refractivity contribution in [2.45, 2.75) is 31.0 Å². The third-order valence-electron chi connectivity index (χ3n) is 3.61. The van der Waals surface area contributed by atoms with E-state index in [0.717, 1.165) is 33.9 Å². The summed E-state index contributed by atoms with van der Waals surface area (Å²) in [7, 11) is 0. The van der Waals surface area contributed by atoms with E-state index in [4.69, 9.17) is 16.3 Å². The lowest BCUT2D eigenvalue weighted by molar-refractivity contribution is 0.288. The summed E-state index contributed by atoms with van der Waals surface area (Å²) in [4.78, 5) is 0. The second-order valence-electron chi connectivity index (χ2n) is 5.27. The zero-order chi connectivity index (χ0) is 17.6. The zero-order valence-electron chi connectivity index (χ0n) is 13.7. The molecule has 4 nitrogen and oxygen atoms in total. The van der Waals surface area contributed by atoms with E-state index >= 15 is 0 Å². The number of ether oxygens (including phenoxy) is 1. The molecule has 0 aliphatic rings. The van der Waals surface area contributed by atoms with Gasteiger partial charge in [-0.05, 0) is 42.8 Å². The lowest BCUT2D eigenvalue weighted by Crippen LogP contribution is -2.07. The van der Waals surface area contributed by atoms with Crippen LogP contribution in [0, 0.1) is 5.82 Å². The number of hydrogen-bond acceptors (Lipinski definition) is 4. The largest absolute Gasteiger partial charge is 0.486 e. The Morgan fingerprint density at radius 1 is 1.12 bits per heavy atom. The summed E-state index contributed by atoms with van der Waals surface area (Å²) in [6, 6.07) is 13.7. The molecule has 2 aromatic carbocycles. The molecule has 0 saturated carbocycles. The highest BCUT2D eigenvalue weighted by molar-refractivity contribution is 7.98. The Morgan fingerprint density at radius 3 is 2.60 bits per heavy atom. The molecular weight excluding hydrogens is 361 g/mol. The molecule has 1 heterocycles. The molecule has 0 aliphatic carbocycles. The molecule has 1 aromatic heterocycles. The molecule has 3 rings (SSSR count). The van der Waals surface area contributed by atoms with Crippen molar-refractivity contribution < 1.29 is 9.13 Å². The summed E-state index contributed by atoms with van der Waals surface area (Å²) < 4.78 is 20.6. The standard InChI is InChI=1S/C18H17ClFN3OS/c1-2-23-17(11-24-15-9-7-14(20)8-10-15)21-22-18(23)25-12-13-5-3-4-6-16(13)19/h3-10H,2,11-12H2,1H3. The summed E-state index contributed by atoms with van der Waals surface area (Å²) in [5.41, 5.74) is 1.06. The first-order valence-electron chi connectivity index (χ1n) is 7.84. The first-order valence-corrected chi connectivity index (χ1v) is 9.20. The highest BCUT2D eigenvalue weighted by Crippen LogP contribution is 2.26. The molecule has 7 heteroatoms. The minimum absolute atomic E-state index is 0.277. The molecular formula is C18H17ClFN3OS. The normalized spacial score (nSPS) is 10.8. The maximum absolute atomic E-state index is 12.9. The van der Waals surface area contributed by atoms with Crippen molar-refractivity contribution in [3.63, 3.8) is 0 Å². The van der Waals surface area contributed by atoms with Crippen LogP contribution in [0.5, 0.6) is 5.75 Å². The highest BCUT2D eigenvalue weighted by Gasteiger charge is 2.13. The smallest absolute Gasteiger partial charge is 0.191 e. The van der Waals surface area contributed by atoms with Crippen LogP contribution in [0.2, 0.25) is 5.02 Å². The number of rotatable bonds is 7. The van der Waals surface area contributed by atoms with Gasteiger partial charge in [-0.1, -0.05) is 41.6 Å². The Hall–Kier alpha value is -2.05. The molecule has 0 bridgehead atoms. The number of halogens is 2. The van der Waals surface area contributed by atoms with Gasteiger partial charge in [0, 0.05) is 17.3 Å². The predicted octanol–water partition coefficient (Wildman–Crippen LogP) is 4.96. The van der Waals surface area contributed by atoms with Crippen LogP contribution in [-0.2, 0) is 18.9 Å². The zero-order valence-corrected chi connectivity index (χ0v) is 15.2. The molecule has 25 heavy (non-hydrogen) atoms. The van der Waals surface area contributed by atoms with Gasteiger partial charge in [-0.15, -0.1) is 10.2 Å². The molecule has 3 aromatic rings. The molecule has 0 aliphatic heterocycles. The molecule has 130 valence electrons. The first kappa shape index (κ1) is 17.8. The van der Waals surface area contributed by atoms with Crippen molar-refractivity contribution in [2.75, 3.05) is 0 Å². The van der Waals surface area contributed by atoms with Crippen LogP contribution in [0.1, 0.15) is 18.3 Å². The Balaban J connectivity index is 1.66. The van der Waals surface area contributed by atoms with Gasteiger partial charge in [-0.3, -0.25) is 0 Å². The molecule has 0 fully saturated rings. The highest BCUT2D eigenvalue weighted by atomic mass is 35.5. The van der Waals surface area contributed by atoms with Crippen LogP contribution >= 0.6 is 23.4 Å². The van der Waals surface area contributed by atoms with Crippen LogP contribution in [0.3, 0.4) is 0 Å². The lowest BCUT2D eigenvalue weighted by atomic mass is 10.2. The van der Waals surface area contributed by atoms with E-state index in [2.05, 4.69) is 10.2 Å². The predicted molar refractivity (Wildman–Crippen MR) is 97.4 cm³/mol. The van der Waals surface area contributed by atoms with Gasteiger partial charge < -0.3 is 9.30 Å². The van der Waals surface area contributed by atoms with Gasteiger partial charge in [0.05, 0.1) is 0 Å². The average molecular weight is 378 g/mol. The number of thioether (sulfide) groups is 1. The van der Waals surface area contributed by atoms with Gasteiger partial charge in [0.1, 0.15) is 18.2 Å². The van der Waals surface area contributed by atoms with Crippen LogP contribution in [0.25, 0.3) is 0 Å². The number of nitrogens with zero attached hydrogens (tertiary/aromatic N) is 3. The maximum atomic E-state index is 12.9. The number of benzene rings is 2. The van der Waals surface area contributed by atoms with Crippen LogP contribution in [0.15, 0.2) is 53.7 Å². The summed E-state index contributed by atoms with van der Waals surface area (Å²) in [5.74, 6) is 1.75. The van der Waals surface area contributed by atoms with E-state index in [0.29, 0.717) is 5.75 Å². The molecule has 0 atom stereocenters. The van der Waals surface area contributed by atoms with Crippen LogP contribution in [0.4, 0.5) is 4.39 Å². The minimum Gasteiger partial charge on any atom is -0.486 e. The van der Waals surface area contributed by atoms with Gasteiger partial charge in [0.15, 0.2) is 11.0 Å². The lowest BCUT2D eigenvalue weighted by Gasteiger charge is -2.09. The van der Waals surface area contributed by atoms with Crippen molar-refractivity contribution >= 4 is 23.4 Å². The molecule has 0 amide bonds. The van der Waals surface area contributed by atoms with Crippen molar-refractivity contribution in [1.29, 1.82) is 0 Å². The Labute approximate surface area is 155 Å². The third-order valence-corrected chi connectivity index (χ3v) is 4.99. The van der Waals surface area contributed by atoms with Crippen molar-refractivity contribution in [1.82, 2.24) is 14.8 Å². The summed E-state index contributed by atoms with van der Waals surface area (Å²) in [6.45, 7) is 3.05.